The van der Waals surface area contributed by atoms with E-state index in [1.165, 1.54) is 186 Å². The van der Waals surface area contributed by atoms with E-state index in [-0.39, 0.29) is 6.61 Å². The van der Waals surface area contributed by atoms with Gasteiger partial charge in [0.15, 0.2) is 0 Å². The molecule has 0 aromatic heterocycles. The average molecular weight is 620 g/mol. The molecule has 0 saturated heterocycles. The van der Waals surface area contributed by atoms with Gasteiger partial charge in [-0.05, 0) is 20.5 Å². The number of hydrogen-bond donors (Lipinski definition) is 2. The van der Waals surface area contributed by atoms with Gasteiger partial charge in [0.25, 0.3) is 0 Å². The number of rotatable bonds is 34. The fourth-order valence-electron chi connectivity index (χ4n) is 5.64. The van der Waals surface area contributed by atoms with Gasteiger partial charge in [-0.15, -0.1) is 0 Å². The number of unbranched alkanes of at least 4 members (excludes halogenated alkanes) is 31. The van der Waals surface area contributed by atoms with E-state index >= 15 is 0 Å². The lowest BCUT2D eigenvalue weighted by Gasteiger charge is -2.05. The molecule has 2 N–H and O–H groups in total. The van der Waals surface area contributed by atoms with Gasteiger partial charge in [0.1, 0.15) is 0 Å². The van der Waals surface area contributed by atoms with E-state index in [0.717, 1.165) is 12.8 Å². The van der Waals surface area contributed by atoms with Crippen molar-refractivity contribution < 1.29 is 17.2 Å². The molecule has 256 valence electrons. The number of nitrogens with one attached hydrogen (secondary N) is 1. The monoisotopic (exact) mass is 620 g/mol. The summed E-state index contributed by atoms with van der Waals surface area (Å²) in [6.07, 6.45) is 44.1. The van der Waals surface area contributed by atoms with E-state index in [1.54, 1.807) is 0 Å². The zero-order valence-electron chi connectivity index (χ0n) is 28.9. The summed E-state index contributed by atoms with van der Waals surface area (Å²) in [4.78, 5) is 0. The molecular weight excluding hydrogens is 542 g/mol. The molecule has 0 rings (SSSR count). The van der Waals surface area contributed by atoms with Gasteiger partial charge in [-0.3, -0.25) is 4.55 Å². The van der Waals surface area contributed by atoms with Gasteiger partial charge in [0.2, 0.25) is 0 Å². The molecule has 0 unspecified atom stereocenters. The van der Waals surface area contributed by atoms with Gasteiger partial charge in [0.05, 0.1) is 6.61 Å². The first-order chi connectivity index (χ1) is 20.5. The van der Waals surface area contributed by atoms with Crippen LogP contribution in [0, 0.1) is 0 Å². The lowest BCUT2D eigenvalue weighted by molar-refractivity contribution is 0.261. The van der Waals surface area contributed by atoms with Crippen LogP contribution < -0.4 is 5.32 Å². The topological polar surface area (TPSA) is 75.6 Å². The van der Waals surface area contributed by atoms with E-state index in [2.05, 4.69) is 16.4 Å². The molecule has 0 radical (unpaired) electrons. The van der Waals surface area contributed by atoms with Crippen molar-refractivity contribution in [2.75, 3.05) is 20.7 Å². The van der Waals surface area contributed by atoms with Crippen molar-refractivity contribution >= 4 is 10.4 Å². The van der Waals surface area contributed by atoms with E-state index in [4.69, 9.17) is 4.55 Å². The Morgan fingerprint density at radius 2 is 0.571 bits per heavy atom. The highest BCUT2D eigenvalue weighted by molar-refractivity contribution is 7.80. The van der Waals surface area contributed by atoms with Crippen LogP contribution in [0.3, 0.4) is 0 Å². The number of hydrogen-bond acceptors (Lipinski definition) is 4. The van der Waals surface area contributed by atoms with Crippen molar-refractivity contribution in [3.8, 4) is 0 Å². The van der Waals surface area contributed by atoms with Gasteiger partial charge in [-0.2, -0.15) is 8.42 Å². The van der Waals surface area contributed by atoms with Gasteiger partial charge in [-0.25, -0.2) is 4.18 Å². The molecule has 0 spiro atoms. The minimum absolute atomic E-state index is 0.0956. The molecule has 6 heteroatoms. The molecule has 0 aromatic rings. The Morgan fingerprint density at radius 3 is 0.738 bits per heavy atom. The van der Waals surface area contributed by atoms with Crippen LogP contribution in [0.5, 0.6) is 0 Å². The van der Waals surface area contributed by atoms with Crippen LogP contribution in [0.1, 0.15) is 212 Å². The fourth-order valence-corrected chi connectivity index (χ4v) is 5.97. The Labute approximate surface area is 265 Å². The molecule has 0 aromatic carbocycles. The van der Waals surface area contributed by atoms with Gasteiger partial charge >= 0.3 is 10.4 Å². The summed E-state index contributed by atoms with van der Waals surface area (Å²) in [5, 5.41) is 2.75. The van der Waals surface area contributed by atoms with Crippen LogP contribution >= 0.6 is 0 Å². The molecule has 0 aliphatic heterocycles. The first kappa shape index (κ1) is 44.0. The summed E-state index contributed by atoms with van der Waals surface area (Å²) in [6.45, 7) is 2.39. The Balaban J connectivity index is 0. The van der Waals surface area contributed by atoms with Crippen molar-refractivity contribution in [1.29, 1.82) is 0 Å². The average Bonchev–Trinajstić information content (AvgIpc) is 2.95. The Morgan fingerprint density at radius 1 is 0.405 bits per heavy atom. The SMILES string of the molecule is CCCCCCCCCCCCCCCCCCCCCCCCCCCCCCCCCCOS(=O)(=O)O.CNC. The highest BCUT2D eigenvalue weighted by atomic mass is 32.3. The highest BCUT2D eigenvalue weighted by Crippen LogP contribution is 2.16. The van der Waals surface area contributed by atoms with Crippen LogP contribution in [0.2, 0.25) is 0 Å². The van der Waals surface area contributed by atoms with Crippen LogP contribution in [0.15, 0.2) is 0 Å². The van der Waals surface area contributed by atoms with Gasteiger partial charge in [-0.1, -0.05) is 206 Å². The molecule has 42 heavy (non-hydrogen) atoms. The lowest BCUT2D eigenvalue weighted by Crippen LogP contribution is -2.04. The van der Waals surface area contributed by atoms with Crippen molar-refractivity contribution in [2.45, 2.75) is 212 Å². The first-order valence-electron chi connectivity index (χ1n) is 18.7. The predicted molar refractivity (Wildman–Crippen MR) is 186 cm³/mol. The third-order valence-corrected chi connectivity index (χ3v) is 8.69. The maximum Gasteiger partial charge on any atom is 0.397 e. The summed E-state index contributed by atoms with van der Waals surface area (Å²) in [6, 6.07) is 0. The third kappa shape index (κ3) is 46.8. The standard InChI is InChI=1S/C34H70O4S.C2H7N/c1-2-3-4-5-6-7-8-9-10-11-12-13-14-15-16-17-18-19-20-21-22-23-24-25-26-27-28-29-30-31-32-33-34-38-39(35,36)37;1-3-2/h2-34H2,1H3,(H,35,36,37);3H,1-2H3. The Bertz CT molecular complexity index is 571. The summed E-state index contributed by atoms with van der Waals surface area (Å²) in [5.41, 5.74) is 0. The molecule has 0 aliphatic rings. The molecule has 0 heterocycles. The van der Waals surface area contributed by atoms with Crippen molar-refractivity contribution in [1.82, 2.24) is 5.32 Å². The summed E-state index contributed by atoms with van der Waals surface area (Å²) >= 11 is 0. The Hall–Kier alpha value is -0.170. The molecule has 0 atom stereocenters. The van der Waals surface area contributed by atoms with Crippen molar-refractivity contribution in [3.05, 3.63) is 0 Å². The summed E-state index contributed by atoms with van der Waals surface area (Å²) in [7, 11) is -0.506. The predicted octanol–water partition coefficient (Wildman–Crippen LogP) is 12.1. The molecule has 5 nitrogen and oxygen atoms in total. The largest absolute Gasteiger partial charge is 0.397 e. The quantitative estimate of drug-likeness (QED) is 0.0553. The second-order valence-corrected chi connectivity index (χ2v) is 13.8. The Kier molecular flexibility index (Phi) is 40.7. The van der Waals surface area contributed by atoms with Gasteiger partial charge < -0.3 is 5.32 Å². The zero-order chi connectivity index (χ0) is 31.2. The molecule has 0 aliphatic carbocycles. The van der Waals surface area contributed by atoms with E-state index in [1.807, 2.05) is 14.1 Å². The van der Waals surface area contributed by atoms with Crippen molar-refractivity contribution in [2.24, 2.45) is 0 Å². The molecule has 0 saturated carbocycles. The van der Waals surface area contributed by atoms with Crippen molar-refractivity contribution in [3.63, 3.8) is 0 Å². The minimum Gasteiger partial charge on any atom is -0.323 e. The second kappa shape index (κ2) is 38.9. The molecule has 0 fully saturated rings. The fraction of sp³-hybridized carbons (Fsp3) is 1.00. The minimum atomic E-state index is -4.26. The molecule has 0 amide bonds. The van der Waals surface area contributed by atoms with Crippen LogP contribution in [0.25, 0.3) is 0 Å². The highest BCUT2D eigenvalue weighted by Gasteiger charge is 2.02. The molecule has 0 bridgehead atoms. The normalized spacial score (nSPS) is 11.5. The first-order valence-corrected chi connectivity index (χ1v) is 20.0. The van der Waals surface area contributed by atoms with Crippen LogP contribution in [0.4, 0.5) is 0 Å². The van der Waals surface area contributed by atoms with E-state index in [9.17, 15) is 8.42 Å². The lowest BCUT2D eigenvalue weighted by atomic mass is 10.0. The zero-order valence-corrected chi connectivity index (χ0v) is 29.7. The summed E-state index contributed by atoms with van der Waals surface area (Å²) < 4.78 is 33.7. The van der Waals surface area contributed by atoms with Gasteiger partial charge in [0, 0.05) is 0 Å². The van der Waals surface area contributed by atoms with E-state index in [0.29, 0.717) is 6.42 Å². The second-order valence-electron chi connectivity index (χ2n) is 12.7. The smallest absolute Gasteiger partial charge is 0.323 e. The van der Waals surface area contributed by atoms with E-state index < -0.39 is 10.4 Å². The summed E-state index contributed by atoms with van der Waals surface area (Å²) in [5.74, 6) is 0. The van der Waals surface area contributed by atoms with Crippen LogP contribution in [-0.4, -0.2) is 33.7 Å². The third-order valence-electron chi connectivity index (χ3n) is 8.23. The molecular formula is C36H77NO4S. The van der Waals surface area contributed by atoms with Crippen LogP contribution in [-0.2, 0) is 14.6 Å². The maximum absolute atomic E-state index is 10.4. The maximum atomic E-state index is 10.4.